The summed E-state index contributed by atoms with van der Waals surface area (Å²) < 4.78 is 33.4. The Morgan fingerprint density at radius 1 is 1.21 bits per heavy atom. The lowest BCUT2D eigenvalue weighted by atomic mass is 9.93. The highest BCUT2D eigenvalue weighted by molar-refractivity contribution is 7.16. The van der Waals surface area contributed by atoms with Gasteiger partial charge in [0.2, 0.25) is 5.67 Å². The van der Waals surface area contributed by atoms with E-state index >= 15 is 0 Å². The Kier molecular flexibility index (Phi) is 8.97. The number of anilines is 2. The summed E-state index contributed by atoms with van der Waals surface area (Å²) in [5.74, 6) is -1.03. The van der Waals surface area contributed by atoms with Gasteiger partial charge < -0.3 is 14.7 Å². The Balaban J connectivity index is 1.34. The standard InChI is InChI=1S/C29H34F2N6O4S/c1-3-20-5-4-10-37(20)17-23-25(18-6-7-22(41-2)19(13-18)14-30)34-28(42-23)35-26(38)21-15-33-24(16-32-21)36-11-8-29(31,9-12-36)27(39)40/h6-7,13,15-16,20H,3-5,8-12,14,17H2,1-2H3,(H,39,40)(H,34,35,38)/t20-/m1/s1. The number of piperidine rings is 1. The lowest BCUT2D eigenvalue weighted by Gasteiger charge is -2.34. The van der Waals surface area contributed by atoms with Crippen molar-refractivity contribution >= 4 is 34.2 Å². The molecule has 2 aliphatic rings. The number of carboxylic acid groups (broad SMARTS) is 1. The van der Waals surface area contributed by atoms with E-state index in [1.54, 1.807) is 17.0 Å². The fraction of sp³-hybridized carbons (Fsp3) is 0.483. The molecule has 1 aromatic carbocycles. The average Bonchev–Trinajstić information content (AvgIpc) is 3.63. The van der Waals surface area contributed by atoms with Crippen molar-refractivity contribution in [3.8, 4) is 17.0 Å². The molecule has 2 saturated heterocycles. The Bertz CT molecular complexity index is 1430. The molecule has 2 N–H and O–H groups in total. The minimum atomic E-state index is -2.24. The van der Waals surface area contributed by atoms with Crippen LogP contribution in [-0.2, 0) is 18.0 Å². The number of hydrogen-bond acceptors (Lipinski definition) is 9. The van der Waals surface area contributed by atoms with Gasteiger partial charge in [0.1, 0.15) is 23.9 Å². The van der Waals surface area contributed by atoms with Crippen molar-refractivity contribution in [2.75, 3.05) is 37.0 Å². The van der Waals surface area contributed by atoms with Crippen molar-refractivity contribution < 1.29 is 28.2 Å². The van der Waals surface area contributed by atoms with Gasteiger partial charge in [-0.2, -0.15) is 0 Å². The summed E-state index contributed by atoms with van der Waals surface area (Å²) in [6, 6.07) is 5.79. The highest BCUT2D eigenvalue weighted by Crippen LogP contribution is 2.36. The second-order valence-corrected chi connectivity index (χ2v) is 11.7. The van der Waals surface area contributed by atoms with E-state index in [9.17, 15) is 18.4 Å². The van der Waals surface area contributed by atoms with Crippen LogP contribution >= 0.6 is 11.3 Å². The largest absolute Gasteiger partial charge is 0.496 e. The molecule has 5 rings (SSSR count). The Labute approximate surface area is 246 Å². The van der Waals surface area contributed by atoms with Crippen molar-refractivity contribution in [1.29, 1.82) is 0 Å². The number of nitrogens with one attached hydrogen (secondary N) is 1. The number of hydrogen-bond donors (Lipinski definition) is 2. The molecule has 42 heavy (non-hydrogen) atoms. The zero-order chi connectivity index (χ0) is 29.9. The molecule has 2 aliphatic heterocycles. The molecule has 4 heterocycles. The average molecular weight is 601 g/mol. The van der Waals surface area contributed by atoms with Crippen LogP contribution in [0.4, 0.5) is 19.7 Å². The SMILES string of the molecule is CC[C@@H]1CCCN1Cc1sc(NC(=O)c2cnc(N3CCC(F)(C(=O)O)CC3)cn2)nc1-c1ccc(OC)c(CF)c1. The topological polar surface area (TPSA) is 121 Å². The number of carbonyl (C=O) groups excluding carboxylic acids is 1. The first-order valence-electron chi connectivity index (χ1n) is 14.0. The molecule has 0 spiro atoms. The van der Waals surface area contributed by atoms with E-state index < -0.39 is 24.2 Å². The molecule has 0 unspecified atom stereocenters. The summed E-state index contributed by atoms with van der Waals surface area (Å²) in [6.07, 6.45) is 5.77. The monoisotopic (exact) mass is 600 g/mol. The fourth-order valence-corrected chi connectivity index (χ4v) is 6.59. The summed E-state index contributed by atoms with van der Waals surface area (Å²) >= 11 is 1.38. The molecular formula is C29H34F2N6O4S. The minimum Gasteiger partial charge on any atom is -0.496 e. The molecule has 0 bridgehead atoms. The lowest BCUT2D eigenvalue weighted by Crippen LogP contribution is -2.46. The number of rotatable bonds is 10. The number of carbonyl (C=O) groups is 2. The number of likely N-dealkylation sites (tertiary alicyclic amines) is 1. The highest BCUT2D eigenvalue weighted by atomic mass is 32.1. The number of methoxy groups -OCH3 is 1. The maximum absolute atomic E-state index is 14.4. The third kappa shape index (κ3) is 6.21. The second-order valence-electron chi connectivity index (χ2n) is 10.6. The summed E-state index contributed by atoms with van der Waals surface area (Å²) in [4.78, 5) is 42.7. The van der Waals surface area contributed by atoms with Gasteiger partial charge in [-0.3, -0.25) is 15.0 Å². The van der Waals surface area contributed by atoms with Gasteiger partial charge in [0.05, 0.1) is 25.2 Å². The van der Waals surface area contributed by atoms with Crippen LogP contribution in [0.5, 0.6) is 5.75 Å². The molecule has 1 atom stereocenters. The second kappa shape index (κ2) is 12.7. The van der Waals surface area contributed by atoms with Crippen LogP contribution in [0.3, 0.4) is 0 Å². The Morgan fingerprint density at radius 3 is 2.64 bits per heavy atom. The number of aliphatic carboxylic acids is 1. The molecule has 0 aliphatic carbocycles. The van der Waals surface area contributed by atoms with E-state index in [0.717, 1.165) is 36.2 Å². The smallest absolute Gasteiger partial charge is 0.341 e. The minimum absolute atomic E-state index is 0.0780. The van der Waals surface area contributed by atoms with E-state index in [4.69, 9.17) is 14.8 Å². The third-order valence-corrected chi connectivity index (χ3v) is 9.02. The van der Waals surface area contributed by atoms with Crippen molar-refractivity contribution in [2.24, 2.45) is 0 Å². The van der Waals surface area contributed by atoms with Crippen molar-refractivity contribution in [1.82, 2.24) is 19.9 Å². The fourth-order valence-electron chi connectivity index (χ4n) is 5.59. The summed E-state index contributed by atoms with van der Waals surface area (Å²) in [7, 11) is 1.50. The molecule has 1 amide bonds. The zero-order valence-electron chi connectivity index (χ0n) is 23.6. The van der Waals surface area contributed by atoms with Crippen LogP contribution in [0.15, 0.2) is 30.6 Å². The van der Waals surface area contributed by atoms with Gasteiger partial charge in [0, 0.05) is 54.5 Å². The molecule has 0 saturated carbocycles. The first kappa shape index (κ1) is 29.8. The van der Waals surface area contributed by atoms with E-state index in [1.165, 1.54) is 30.8 Å². The van der Waals surface area contributed by atoms with Gasteiger partial charge in [-0.25, -0.2) is 28.5 Å². The number of aromatic nitrogens is 3. The predicted molar refractivity (Wildman–Crippen MR) is 156 cm³/mol. The lowest BCUT2D eigenvalue weighted by molar-refractivity contribution is -0.152. The summed E-state index contributed by atoms with van der Waals surface area (Å²) in [5.41, 5.74) is -0.300. The van der Waals surface area contributed by atoms with Gasteiger partial charge >= 0.3 is 5.97 Å². The van der Waals surface area contributed by atoms with Crippen LogP contribution in [0.1, 0.15) is 60.0 Å². The maximum Gasteiger partial charge on any atom is 0.341 e. The Hall–Kier alpha value is -3.71. The van der Waals surface area contributed by atoms with E-state index in [-0.39, 0.29) is 31.6 Å². The molecular weight excluding hydrogens is 566 g/mol. The number of amides is 1. The van der Waals surface area contributed by atoms with Crippen molar-refractivity contribution in [2.45, 2.75) is 64.0 Å². The van der Waals surface area contributed by atoms with Gasteiger partial charge in [-0.15, -0.1) is 0 Å². The normalized spacial score (nSPS) is 18.7. The molecule has 13 heteroatoms. The number of carboxylic acids is 1. The number of nitrogens with zero attached hydrogens (tertiary/aromatic N) is 5. The van der Waals surface area contributed by atoms with Crippen LogP contribution in [0.25, 0.3) is 11.3 Å². The van der Waals surface area contributed by atoms with E-state index in [2.05, 4.69) is 27.1 Å². The van der Waals surface area contributed by atoms with Crippen LogP contribution in [0, 0.1) is 0 Å². The molecule has 2 aromatic heterocycles. The van der Waals surface area contributed by atoms with Gasteiger partial charge in [0.15, 0.2) is 5.13 Å². The molecule has 224 valence electrons. The van der Waals surface area contributed by atoms with Crippen molar-refractivity contribution in [3.63, 3.8) is 0 Å². The number of halogens is 2. The first-order chi connectivity index (χ1) is 20.2. The predicted octanol–water partition coefficient (Wildman–Crippen LogP) is 5.10. The van der Waals surface area contributed by atoms with Gasteiger partial charge in [-0.05, 0) is 44.0 Å². The molecule has 0 radical (unpaired) electrons. The van der Waals surface area contributed by atoms with Crippen LogP contribution in [-0.4, -0.2) is 75.3 Å². The number of thiazole rings is 1. The third-order valence-electron chi connectivity index (χ3n) is 8.07. The number of ether oxygens (including phenoxy) is 1. The zero-order valence-corrected chi connectivity index (χ0v) is 24.4. The van der Waals surface area contributed by atoms with Gasteiger partial charge in [-0.1, -0.05) is 18.3 Å². The summed E-state index contributed by atoms with van der Waals surface area (Å²) in [5, 5.41) is 12.3. The van der Waals surface area contributed by atoms with Gasteiger partial charge in [0.25, 0.3) is 5.91 Å². The van der Waals surface area contributed by atoms with Crippen LogP contribution in [0.2, 0.25) is 0 Å². The van der Waals surface area contributed by atoms with E-state index in [0.29, 0.717) is 40.5 Å². The van der Waals surface area contributed by atoms with Crippen molar-refractivity contribution in [3.05, 3.63) is 46.7 Å². The molecule has 10 nitrogen and oxygen atoms in total. The quantitative estimate of drug-likeness (QED) is 0.328. The molecule has 2 fully saturated rings. The Morgan fingerprint density at radius 2 is 2.00 bits per heavy atom. The van der Waals surface area contributed by atoms with Crippen LogP contribution < -0.4 is 15.0 Å². The number of alkyl halides is 2. The van der Waals surface area contributed by atoms with E-state index in [1.807, 2.05) is 6.07 Å². The maximum atomic E-state index is 14.4. The summed E-state index contributed by atoms with van der Waals surface area (Å²) in [6.45, 7) is 3.52. The molecule has 3 aromatic rings. The number of benzene rings is 1. The first-order valence-corrected chi connectivity index (χ1v) is 14.8. The highest BCUT2D eigenvalue weighted by Gasteiger charge is 2.42.